The highest BCUT2D eigenvalue weighted by Crippen LogP contribution is 2.06. The molecule has 0 saturated carbocycles. The lowest BCUT2D eigenvalue weighted by molar-refractivity contribution is -0.154. The summed E-state index contributed by atoms with van der Waals surface area (Å²) in [6, 6.07) is -0.329. The Morgan fingerprint density at radius 1 is 1.60 bits per heavy atom. The quantitative estimate of drug-likeness (QED) is 0.755. The third kappa shape index (κ3) is 3.23. The Labute approximate surface area is 115 Å². The molecule has 1 fully saturated rings. The fourth-order valence-corrected chi connectivity index (χ4v) is 1.93. The van der Waals surface area contributed by atoms with Gasteiger partial charge in [0, 0.05) is 13.1 Å². The average Bonchev–Trinajstić information content (AvgIpc) is 2.92. The smallest absolute Gasteiger partial charge is 0.334 e. The van der Waals surface area contributed by atoms with Crippen molar-refractivity contribution in [3.63, 3.8) is 0 Å². The summed E-state index contributed by atoms with van der Waals surface area (Å²) >= 11 is 0. The molecule has 110 valence electrons. The van der Waals surface area contributed by atoms with E-state index in [4.69, 9.17) is 9.84 Å². The molecule has 1 atom stereocenters. The van der Waals surface area contributed by atoms with Gasteiger partial charge >= 0.3 is 12.0 Å². The molecular weight excluding hydrogens is 266 g/mol. The number of amides is 2. The molecule has 2 N–H and O–H groups in total. The van der Waals surface area contributed by atoms with Crippen molar-refractivity contribution in [1.29, 1.82) is 0 Å². The molecule has 2 amide bonds. The average molecular weight is 283 g/mol. The summed E-state index contributed by atoms with van der Waals surface area (Å²) in [5.41, 5.74) is 0. The summed E-state index contributed by atoms with van der Waals surface area (Å²) in [6.07, 6.45) is 0.630. The molecule has 0 spiro atoms. The summed E-state index contributed by atoms with van der Waals surface area (Å²) in [4.78, 5) is 24.2. The molecule has 0 bridgehead atoms. The number of aliphatic carboxylic acids is 1. The van der Waals surface area contributed by atoms with E-state index in [-0.39, 0.29) is 25.7 Å². The number of nitrogens with one attached hydrogen (secondary N) is 1. The number of rotatable bonds is 4. The number of hydrogen-bond donors (Lipinski definition) is 2. The highest BCUT2D eigenvalue weighted by atomic mass is 16.5. The minimum atomic E-state index is -1.06. The van der Waals surface area contributed by atoms with Crippen LogP contribution in [0.4, 0.5) is 4.79 Å². The lowest BCUT2D eigenvalue weighted by Crippen LogP contribution is -2.51. The SMILES string of the molecule is CCn1cnnc1CNC(=O)N1CCOC(C(=O)O)C1. The third-order valence-corrected chi connectivity index (χ3v) is 3.06. The number of carboxylic acids is 1. The normalized spacial score (nSPS) is 18.9. The van der Waals surface area contributed by atoms with Gasteiger partial charge in [0.1, 0.15) is 6.33 Å². The van der Waals surface area contributed by atoms with Crippen LogP contribution in [-0.2, 0) is 22.6 Å². The van der Waals surface area contributed by atoms with Gasteiger partial charge in [0.05, 0.1) is 19.7 Å². The van der Waals surface area contributed by atoms with E-state index in [0.717, 1.165) is 6.54 Å². The summed E-state index contributed by atoms with van der Waals surface area (Å²) in [5.74, 6) is -0.405. The zero-order chi connectivity index (χ0) is 14.5. The fourth-order valence-electron chi connectivity index (χ4n) is 1.93. The van der Waals surface area contributed by atoms with Crippen molar-refractivity contribution < 1.29 is 19.4 Å². The fraction of sp³-hybridized carbons (Fsp3) is 0.636. The van der Waals surface area contributed by atoms with Crippen LogP contribution < -0.4 is 5.32 Å². The Bertz CT molecular complexity index is 489. The zero-order valence-electron chi connectivity index (χ0n) is 11.2. The van der Waals surface area contributed by atoms with Gasteiger partial charge in [-0.15, -0.1) is 10.2 Å². The number of carbonyl (C=O) groups excluding carboxylic acids is 1. The Hall–Kier alpha value is -2.16. The summed E-state index contributed by atoms with van der Waals surface area (Å²) in [6.45, 7) is 3.56. The first-order valence-electron chi connectivity index (χ1n) is 6.35. The minimum absolute atomic E-state index is 0.0433. The van der Waals surface area contributed by atoms with E-state index in [0.29, 0.717) is 12.4 Å². The van der Waals surface area contributed by atoms with Crippen LogP contribution >= 0.6 is 0 Å². The molecule has 9 nitrogen and oxygen atoms in total. The van der Waals surface area contributed by atoms with Gasteiger partial charge in [0.25, 0.3) is 0 Å². The van der Waals surface area contributed by atoms with Crippen molar-refractivity contribution >= 4 is 12.0 Å². The molecule has 0 radical (unpaired) electrons. The van der Waals surface area contributed by atoms with Gasteiger partial charge < -0.3 is 24.6 Å². The van der Waals surface area contributed by atoms with Gasteiger partial charge in [-0.2, -0.15) is 0 Å². The molecule has 0 aliphatic carbocycles. The lowest BCUT2D eigenvalue weighted by atomic mass is 10.3. The van der Waals surface area contributed by atoms with Crippen LogP contribution in [-0.4, -0.2) is 62.6 Å². The highest BCUT2D eigenvalue weighted by molar-refractivity contribution is 5.77. The zero-order valence-corrected chi connectivity index (χ0v) is 11.2. The van der Waals surface area contributed by atoms with E-state index >= 15 is 0 Å². The molecule has 1 saturated heterocycles. The van der Waals surface area contributed by atoms with Crippen LogP contribution in [0.25, 0.3) is 0 Å². The topological polar surface area (TPSA) is 110 Å². The minimum Gasteiger partial charge on any atom is -0.479 e. The summed E-state index contributed by atoms with van der Waals surface area (Å²) in [7, 11) is 0. The second kappa shape index (κ2) is 6.33. The Balaban J connectivity index is 1.87. The number of morpholine rings is 1. The van der Waals surface area contributed by atoms with Crippen LogP contribution in [0.5, 0.6) is 0 Å². The maximum Gasteiger partial charge on any atom is 0.334 e. The Morgan fingerprint density at radius 2 is 2.40 bits per heavy atom. The summed E-state index contributed by atoms with van der Waals surface area (Å²) < 4.78 is 6.88. The van der Waals surface area contributed by atoms with Crippen molar-refractivity contribution in [3.05, 3.63) is 12.2 Å². The first-order valence-corrected chi connectivity index (χ1v) is 6.35. The maximum atomic E-state index is 12.0. The van der Waals surface area contributed by atoms with E-state index in [9.17, 15) is 9.59 Å². The Kier molecular flexibility index (Phi) is 4.51. The lowest BCUT2D eigenvalue weighted by Gasteiger charge is -2.30. The number of urea groups is 1. The molecule has 0 aromatic carbocycles. The number of aromatic nitrogens is 3. The van der Waals surface area contributed by atoms with Crippen LogP contribution in [0.1, 0.15) is 12.7 Å². The molecule has 20 heavy (non-hydrogen) atoms. The third-order valence-electron chi connectivity index (χ3n) is 3.06. The van der Waals surface area contributed by atoms with Gasteiger partial charge in [-0.3, -0.25) is 0 Å². The molecule has 1 unspecified atom stereocenters. The molecule has 1 aromatic rings. The number of nitrogens with zero attached hydrogens (tertiary/aromatic N) is 4. The van der Waals surface area contributed by atoms with Gasteiger partial charge in [-0.25, -0.2) is 9.59 Å². The molecule has 2 rings (SSSR count). The molecule has 2 heterocycles. The largest absolute Gasteiger partial charge is 0.479 e. The Morgan fingerprint density at radius 3 is 3.10 bits per heavy atom. The number of aryl methyl sites for hydroxylation is 1. The molecule has 1 aliphatic rings. The first-order chi connectivity index (χ1) is 9.61. The predicted octanol–water partition coefficient (Wildman–Crippen LogP) is -0.707. The molecule has 9 heteroatoms. The molecule has 1 aliphatic heterocycles. The highest BCUT2D eigenvalue weighted by Gasteiger charge is 2.28. The van der Waals surface area contributed by atoms with Gasteiger partial charge in [0.15, 0.2) is 11.9 Å². The van der Waals surface area contributed by atoms with Crippen LogP contribution in [0.3, 0.4) is 0 Å². The van der Waals surface area contributed by atoms with Gasteiger partial charge in [-0.1, -0.05) is 0 Å². The molecular formula is C11H17N5O4. The maximum absolute atomic E-state index is 12.0. The van der Waals surface area contributed by atoms with E-state index in [1.54, 1.807) is 6.33 Å². The van der Waals surface area contributed by atoms with Crippen LogP contribution in [0.15, 0.2) is 6.33 Å². The van der Waals surface area contributed by atoms with E-state index in [2.05, 4.69) is 15.5 Å². The van der Waals surface area contributed by atoms with Gasteiger partial charge in [-0.05, 0) is 6.92 Å². The number of hydrogen-bond acceptors (Lipinski definition) is 5. The van der Waals surface area contributed by atoms with Crippen molar-refractivity contribution in [3.8, 4) is 0 Å². The van der Waals surface area contributed by atoms with Crippen molar-refractivity contribution in [1.82, 2.24) is 25.0 Å². The molecule has 1 aromatic heterocycles. The van der Waals surface area contributed by atoms with E-state index in [1.807, 2.05) is 11.5 Å². The van der Waals surface area contributed by atoms with Gasteiger partial charge in [0.2, 0.25) is 0 Å². The first kappa shape index (κ1) is 14.3. The predicted molar refractivity (Wildman–Crippen MR) is 66.9 cm³/mol. The second-order valence-electron chi connectivity index (χ2n) is 4.34. The number of ether oxygens (including phenoxy) is 1. The van der Waals surface area contributed by atoms with Crippen molar-refractivity contribution in [2.24, 2.45) is 0 Å². The monoisotopic (exact) mass is 283 g/mol. The standard InChI is InChI=1S/C11H17N5O4/c1-2-15-7-13-14-9(15)5-12-11(19)16-3-4-20-8(6-16)10(17)18/h7-8H,2-6H2,1H3,(H,12,19)(H,17,18). The van der Waals surface area contributed by atoms with E-state index < -0.39 is 12.1 Å². The van der Waals surface area contributed by atoms with E-state index in [1.165, 1.54) is 4.90 Å². The van der Waals surface area contributed by atoms with Crippen molar-refractivity contribution in [2.75, 3.05) is 19.7 Å². The summed E-state index contributed by atoms with van der Waals surface area (Å²) in [5, 5.41) is 19.3. The second-order valence-corrected chi connectivity index (χ2v) is 4.34. The number of carbonyl (C=O) groups is 2. The van der Waals surface area contributed by atoms with Crippen molar-refractivity contribution in [2.45, 2.75) is 26.1 Å². The number of carboxylic acid groups (broad SMARTS) is 1. The van der Waals surface area contributed by atoms with Crippen LogP contribution in [0.2, 0.25) is 0 Å². The van der Waals surface area contributed by atoms with Crippen LogP contribution in [0, 0.1) is 0 Å².